The number of thioether (sulfide) groups is 2. The normalized spacial score (nSPS) is 12.6. The van der Waals surface area contributed by atoms with E-state index in [1.807, 2.05) is 73.0 Å². The fraction of sp³-hybridized carbons (Fsp3) is 0.379. The minimum absolute atomic E-state index is 0. The van der Waals surface area contributed by atoms with Crippen LogP contribution in [0.15, 0.2) is 176 Å². The molecule has 0 aromatic heterocycles. The molecule has 0 radical (unpaired) electrons. The van der Waals surface area contributed by atoms with Gasteiger partial charge in [-0.25, -0.2) is 25.3 Å². The second-order valence-corrected chi connectivity index (χ2v) is 29.0. The van der Waals surface area contributed by atoms with Gasteiger partial charge in [0, 0.05) is 41.5 Å². The molecule has 6 aromatic carbocycles. The van der Waals surface area contributed by atoms with Crippen LogP contribution in [0.1, 0.15) is 67.2 Å². The number of methoxy groups -OCH3 is 3. The average molecular weight is 1430 g/mol. The predicted octanol–water partition coefficient (Wildman–Crippen LogP) is 8.96. The molecule has 0 aliphatic carbocycles. The summed E-state index contributed by atoms with van der Waals surface area (Å²) in [6.45, 7) is 6.99. The average Bonchev–Trinajstić information content (AvgIpc) is 1.22. The third kappa shape index (κ3) is 34.6. The van der Waals surface area contributed by atoms with E-state index in [4.69, 9.17) is 28.2 Å². The maximum absolute atomic E-state index is 11.4. The highest BCUT2D eigenvalue weighted by atomic mass is 35.5. The lowest BCUT2D eigenvalue weighted by atomic mass is 10.0. The van der Waals surface area contributed by atoms with E-state index in [0.29, 0.717) is 30.7 Å². The van der Waals surface area contributed by atoms with Crippen molar-refractivity contribution >= 4 is 107 Å². The molecule has 0 heterocycles. The van der Waals surface area contributed by atoms with Crippen molar-refractivity contribution in [2.45, 2.75) is 102 Å². The van der Waals surface area contributed by atoms with E-state index in [2.05, 4.69) is 32.6 Å². The minimum Gasteiger partial charge on any atom is -0.481 e. The zero-order valence-corrected chi connectivity index (χ0v) is 60.3. The lowest BCUT2D eigenvalue weighted by molar-refractivity contribution is -0.145. The predicted molar refractivity (Wildman–Crippen MR) is 372 cm³/mol. The lowest BCUT2D eigenvalue weighted by Gasteiger charge is -2.28. The highest BCUT2D eigenvalue weighted by Crippen LogP contribution is 2.22. The third-order valence-electron chi connectivity index (χ3n) is 13.4. The smallest absolute Gasteiger partial charge is 0.322 e. The molecule has 1 amide bonds. The van der Waals surface area contributed by atoms with Crippen LogP contribution in [0.3, 0.4) is 0 Å². The van der Waals surface area contributed by atoms with E-state index in [1.54, 1.807) is 119 Å². The van der Waals surface area contributed by atoms with E-state index in [0.717, 1.165) is 41.0 Å². The summed E-state index contributed by atoms with van der Waals surface area (Å²) < 4.78 is 81.9. The first-order chi connectivity index (χ1) is 42.6. The molecule has 0 bridgehead atoms. The summed E-state index contributed by atoms with van der Waals surface area (Å²) in [6.07, 6.45) is 8.62. The molecule has 0 saturated carbocycles. The summed E-state index contributed by atoms with van der Waals surface area (Å²) in [7, 11) is -4.07. The van der Waals surface area contributed by atoms with Crippen LogP contribution in [-0.4, -0.2) is 154 Å². The third-order valence-corrected chi connectivity index (χ3v) is 18.5. The van der Waals surface area contributed by atoms with Crippen LogP contribution in [-0.2, 0) is 99.3 Å². The number of amides is 1. The number of carboxylic acids is 1. The Kier molecular flexibility index (Phi) is 43.0. The molecule has 6 aromatic rings. The molecule has 516 valence electrons. The molecule has 0 saturated heterocycles. The van der Waals surface area contributed by atoms with E-state index in [1.165, 1.54) is 53.7 Å². The number of hydrogen-bond acceptors (Lipinski definition) is 19. The summed E-state index contributed by atoms with van der Waals surface area (Å²) >= 11 is 9.06. The Bertz CT molecular complexity index is 3360. The Hall–Kier alpha value is -6.36. The van der Waals surface area contributed by atoms with Crippen LogP contribution in [0, 0.1) is 17.8 Å². The fourth-order valence-corrected chi connectivity index (χ4v) is 11.2. The van der Waals surface area contributed by atoms with Gasteiger partial charge in [-0.3, -0.25) is 24.0 Å². The summed E-state index contributed by atoms with van der Waals surface area (Å²) in [5, 5.41) is 18.8. The van der Waals surface area contributed by atoms with Crippen molar-refractivity contribution < 1.29 is 79.1 Å². The molecule has 6 atom stereocenters. The van der Waals surface area contributed by atoms with Crippen molar-refractivity contribution in [3.8, 4) is 0 Å². The second kappa shape index (κ2) is 45.1. The first-order valence-corrected chi connectivity index (χ1v) is 36.9. The first kappa shape index (κ1) is 88.7. The van der Waals surface area contributed by atoms with Crippen molar-refractivity contribution in [1.82, 2.24) is 4.90 Å². The molecule has 93 heavy (non-hydrogen) atoms. The number of hydrogen-bond donors (Lipinski definition) is 4. The quantitative estimate of drug-likeness (QED) is 0.0213. The zero-order valence-electron chi connectivity index (χ0n) is 54.7. The largest absolute Gasteiger partial charge is 0.481 e. The van der Waals surface area contributed by atoms with Gasteiger partial charge in [-0.15, -0.1) is 47.5 Å². The van der Waals surface area contributed by atoms with Crippen molar-refractivity contribution in [2.75, 3.05) is 66.2 Å². The number of ether oxygens (including phenoxy) is 3. The Balaban J connectivity index is 0. The number of carbonyl (C=O) groups excluding carboxylic acids is 4. The summed E-state index contributed by atoms with van der Waals surface area (Å²) in [6, 6.07) is 44.0. The number of halogens is 2. The van der Waals surface area contributed by atoms with Gasteiger partial charge in [0.25, 0.3) is 0 Å². The summed E-state index contributed by atoms with van der Waals surface area (Å²) in [4.78, 5) is 60.4. The molecular weight excluding hydrogens is 1340 g/mol. The van der Waals surface area contributed by atoms with Crippen LogP contribution in [0.4, 0.5) is 0 Å². The standard InChI is InChI=1S/C12H18N2O2.2C12H16O4S.C11H15NO4S.C11H14O2S.C8H9ClS.ClH.H2O/c1-9(14(2)11(15)8-13)12(16)10-6-4-3-5-7-10;2*1-9(12(13)16-2)7-10-5-4-6-11(8-10)17(3,14)15;1-16-11(13)10(12)7-8-4-3-5-9(6-8)17(2,14)15;1-8(11(12)13)6-9-4-3-5-10(7-9)14-2;1-10-8-4-2-3-7(5-8)6-9;;/h3-7,9,12,16H,8,13H2,1-2H3;2*4-6,8-9H,7H2,1-3H3;3-6,10H,7,12H2,1-2H3;3-5,7-8H,6H2,1-2H3,(H,12,13);2-5H,6H2,1H3;1H;1H2/t9-,12+;2*9-;10-;8-;;;/m10000.../s1. The minimum atomic E-state index is -3.24. The van der Waals surface area contributed by atoms with Crippen LogP contribution in [0.25, 0.3) is 0 Å². The molecule has 0 aliphatic rings. The van der Waals surface area contributed by atoms with Crippen molar-refractivity contribution in [2.24, 2.45) is 29.2 Å². The molecule has 27 heteroatoms. The van der Waals surface area contributed by atoms with Gasteiger partial charge >= 0.3 is 23.9 Å². The SMILES string of the molecule is COC(=O)[C@@H](C)Cc1cccc(S(C)(=O)=O)c1.COC(=O)[C@@H](C)Cc1cccc(S(C)(=O)=O)c1.COC(=O)[C@@H](N)Cc1cccc(S(C)(=O)=O)c1.CSc1cccc(CCl)c1.CSc1cccc(C[C@H](C)C(=O)O)c1.C[C@H]([C@H](O)c1ccccc1)N(C)C(=O)CN.Cl.O. The number of carboxylic acid groups (broad SMARTS) is 1. The maximum atomic E-state index is 11.4. The van der Waals surface area contributed by atoms with Gasteiger partial charge in [-0.2, -0.15) is 0 Å². The Morgan fingerprint density at radius 1 is 0.527 bits per heavy atom. The monoisotopic (exact) mass is 1430 g/mol. The molecule has 0 unspecified atom stereocenters. The molecule has 8 N–H and O–H groups in total. The first-order valence-electron chi connectivity index (χ1n) is 28.2. The number of aliphatic hydroxyl groups is 1. The van der Waals surface area contributed by atoms with Crippen LogP contribution < -0.4 is 11.5 Å². The second-order valence-electron chi connectivity index (χ2n) is 20.9. The number of aliphatic carboxylic acids is 1. The number of esters is 3. The van der Waals surface area contributed by atoms with Gasteiger partial charge in [0.1, 0.15) is 6.04 Å². The van der Waals surface area contributed by atoms with Gasteiger partial charge in [-0.05, 0) is 139 Å². The summed E-state index contributed by atoms with van der Waals surface area (Å²) in [5.74, 6) is -2.30. The number of alkyl halides is 1. The van der Waals surface area contributed by atoms with Crippen molar-refractivity contribution in [3.63, 3.8) is 0 Å². The molecule has 20 nitrogen and oxygen atoms in total. The van der Waals surface area contributed by atoms with Gasteiger partial charge in [0.05, 0.1) is 72.5 Å². The van der Waals surface area contributed by atoms with Gasteiger partial charge < -0.3 is 46.3 Å². The van der Waals surface area contributed by atoms with E-state index < -0.39 is 53.6 Å². The topological polar surface area (TPSA) is 343 Å². The number of carbonyl (C=O) groups is 5. The van der Waals surface area contributed by atoms with Crippen LogP contribution >= 0.6 is 47.5 Å². The number of nitrogens with zero attached hydrogens (tertiary/aromatic N) is 1. The van der Waals surface area contributed by atoms with E-state index >= 15 is 0 Å². The Morgan fingerprint density at radius 2 is 0.860 bits per heavy atom. The van der Waals surface area contributed by atoms with Crippen molar-refractivity contribution in [3.05, 3.63) is 185 Å². The highest BCUT2D eigenvalue weighted by molar-refractivity contribution is 7.98. The Labute approximate surface area is 569 Å². The number of likely N-dealkylation sites (N-methyl/N-ethyl adjacent to an activating group) is 1. The van der Waals surface area contributed by atoms with Gasteiger partial charge in [0.15, 0.2) is 29.5 Å². The van der Waals surface area contributed by atoms with E-state index in [-0.39, 0.29) is 87.2 Å². The Morgan fingerprint density at radius 3 is 1.19 bits per heavy atom. The lowest BCUT2D eigenvalue weighted by Crippen LogP contribution is -2.42. The number of rotatable bonds is 22. The molecule has 0 aliphatic heterocycles. The van der Waals surface area contributed by atoms with E-state index in [9.17, 15) is 54.3 Å². The number of nitrogens with two attached hydrogens (primary N) is 2. The zero-order chi connectivity index (χ0) is 69.2. The molecule has 0 fully saturated rings. The molecule has 6 rings (SSSR count). The number of benzene rings is 6. The maximum Gasteiger partial charge on any atom is 0.322 e. The van der Waals surface area contributed by atoms with Crippen LogP contribution in [0.2, 0.25) is 0 Å². The van der Waals surface area contributed by atoms with Gasteiger partial charge in [-0.1, -0.05) is 112 Å². The number of aliphatic hydroxyl groups excluding tert-OH is 1. The highest BCUT2D eigenvalue weighted by Gasteiger charge is 2.23. The van der Waals surface area contributed by atoms with Gasteiger partial charge in [0.2, 0.25) is 5.91 Å². The van der Waals surface area contributed by atoms with Crippen LogP contribution in [0.5, 0.6) is 0 Å². The fourth-order valence-electron chi connectivity index (χ4n) is 7.98. The molecule has 0 spiro atoms. The molecular formula is C66H91Cl2N3O17S5. The number of sulfone groups is 3. The van der Waals surface area contributed by atoms with Crippen molar-refractivity contribution in [1.29, 1.82) is 0 Å². The summed E-state index contributed by atoms with van der Waals surface area (Å²) in [5.41, 5.74) is 16.3.